The summed E-state index contributed by atoms with van der Waals surface area (Å²) in [5.74, 6) is 0. The van der Waals surface area contributed by atoms with Gasteiger partial charge in [-0.15, -0.1) is 0 Å². The second-order valence-corrected chi connectivity index (χ2v) is 4.55. The summed E-state index contributed by atoms with van der Waals surface area (Å²) in [7, 11) is 0. The summed E-state index contributed by atoms with van der Waals surface area (Å²) in [6.45, 7) is 4.60. The van der Waals surface area contributed by atoms with Crippen LogP contribution in [-0.2, 0) is 4.74 Å². The van der Waals surface area contributed by atoms with E-state index in [1.807, 2.05) is 0 Å². The fraction of sp³-hybridized carbons (Fsp3) is 0.600. The first-order valence-corrected chi connectivity index (χ1v) is 5.92. The van der Waals surface area contributed by atoms with E-state index in [1.165, 1.54) is 11.3 Å². The molecule has 0 radical (unpaired) electrons. The van der Waals surface area contributed by atoms with Gasteiger partial charge in [0.1, 0.15) is 0 Å². The zero-order chi connectivity index (χ0) is 10.7. The van der Waals surface area contributed by atoms with E-state index < -0.39 is 0 Å². The summed E-state index contributed by atoms with van der Waals surface area (Å²) in [5.41, 5.74) is 0. The number of aromatic nitrogens is 1. The Morgan fingerprint density at radius 2 is 2.67 bits per heavy atom. The third-order valence-corrected chi connectivity index (χ3v) is 3.48. The van der Waals surface area contributed by atoms with Gasteiger partial charge in [0.05, 0.1) is 23.8 Å². The number of morpholine rings is 1. The van der Waals surface area contributed by atoms with Gasteiger partial charge in [-0.05, 0) is 6.42 Å². The Labute approximate surface area is 92.9 Å². The number of carbonyl (C=O) groups excluding carboxylic acids is 1. The molecular formula is C10H14N2O2S. The summed E-state index contributed by atoms with van der Waals surface area (Å²) in [4.78, 5) is 17.7. The van der Waals surface area contributed by atoms with Crippen LogP contribution in [0.4, 0.5) is 5.13 Å². The normalized spacial score (nSPS) is 21.7. The van der Waals surface area contributed by atoms with Gasteiger partial charge < -0.3 is 9.64 Å². The van der Waals surface area contributed by atoms with Crippen molar-refractivity contribution in [3.63, 3.8) is 0 Å². The van der Waals surface area contributed by atoms with E-state index in [2.05, 4.69) is 16.8 Å². The number of rotatable bonds is 3. The quantitative estimate of drug-likeness (QED) is 0.734. The zero-order valence-electron chi connectivity index (χ0n) is 8.68. The highest BCUT2D eigenvalue weighted by Gasteiger charge is 2.21. The second-order valence-electron chi connectivity index (χ2n) is 3.51. The monoisotopic (exact) mass is 226 g/mol. The fourth-order valence-electron chi connectivity index (χ4n) is 1.62. The molecule has 1 aliphatic heterocycles. The predicted molar refractivity (Wildman–Crippen MR) is 59.7 cm³/mol. The molecule has 0 aliphatic carbocycles. The Morgan fingerprint density at radius 3 is 3.33 bits per heavy atom. The van der Waals surface area contributed by atoms with Crippen LogP contribution in [0.1, 0.15) is 23.0 Å². The number of ether oxygens (including phenoxy) is 1. The van der Waals surface area contributed by atoms with Crippen LogP contribution in [0.2, 0.25) is 0 Å². The second kappa shape index (κ2) is 4.72. The van der Waals surface area contributed by atoms with Gasteiger partial charge in [0.25, 0.3) is 0 Å². The number of nitrogens with zero attached hydrogens (tertiary/aromatic N) is 2. The van der Waals surface area contributed by atoms with Crippen molar-refractivity contribution in [3.05, 3.63) is 11.1 Å². The minimum atomic E-state index is 0.294. The lowest BCUT2D eigenvalue weighted by Crippen LogP contribution is -2.42. The average molecular weight is 226 g/mol. The van der Waals surface area contributed by atoms with Crippen molar-refractivity contribution in [2.75, 3.05) is 24.6 Å². The minimum absolute atomic E-state index is 0.294. The van der Waals surface area contributed by atoms with E-state index in [-0.39, 0.29) is 0 Å². The molecule has 0 N–H and O–H groups in total. The summed E-state index contributed by atoms with van der Waals surface area (Å²) < 4.78 is 5.58. The first-order valence-electron chi connectivity index (χ1n) is 5.11. The van der Waals surface area contributed by atoms with E-state index in [0.717, 1.165) is 37.5 Å². The Morgan fingerprint density at radius 1 is 1.80 bits per heavy atom. The van der Waals surface area contributed by atoms with Gasteiger partial charge in [-0.2, -0.15) is 0 Å². The molecule has 1 atom stereocenters. The molecule has 0 aromatic carbocycles. The molecule has 1 aromatic heterocycles. The lowest BCUT2D eigenvalue weighted by molar-refractivity contribution is 0.0384. The van der Waals surface area contributed by atoms with Crippen LogP contribution in [0.15, 0.2) is 6.20 Å². The van der Waals surface area contributed by atoms with Gasteiger partial charge in [0.2, 0.25) is 0 Å². The number of aldehydes is 1. The lowest BCUT2D eigenvalue weighted by Gasteiger charge is -2.32. The largest absolute Gasteiger partial charge is 0.375 e. The third-order valence-electron chi connectivity index (χ3n) is 2.49. The molecule has 5 heteroatoms. The predicted octanol–water partition coefficient (Wildman–Crippen LogP) is 1.57. The van der Waals surface area contributed by atoms with Crippen LogP contribution in [0.5, 0.6) is 0 Å². The number of hydrogen-bond acceptors (Lipinski definition) is 5. The van der Waals surface area contributed by atoms with Gasteiger partial charge in [0, 0.05) is 13.1 Å². The van der Waals surface area contributed by atoms with Gasteiger partial charge in [0.15, 0.2) is 11.4 Å². The van der Waals surface area contributed by atoms with Crippen molar-refractivity contribution in [1.29, 1.82) is 0 Å². The van der Waals surface area contributed by atoms with Gasteiger partial charge in [-0.3, -0.25) is 4.79 Å². The molecule has 0 spiro atoms. The lowest BCUT2D eigenvalue weighted by atomic mass is 10.2. The summed E-state index contributed by atoms with van der Waals surface area (Å²) >= 11 is 1.44. The highest BCUT2D eigenvalue weighted by Crippen LogP contribution is 2.23. The van der Waals surface area contributed by atoms with E-state index in [4.69, 9.17) is 4.74 Å². The summed E-state index contributed by atoms with van der Waals surface area (Å²) in [6, 6.07) is 0. The van der Waals surface area contributed by atoms with E-state index in [9.17, 15) is 4.79 Å². The highest BCUT2D eigenvalue weighted by molar-refractivity contribution is 7.17. The maximum Gasteiger partial charge on any atom is 0.186 e. The topological polar surface area (TPSA) is 42.4 Å². The van der Waals surface area contributed by atoms with Crippen LogP contribution < -0.4 is 4.90 Å². The SMILES string of the molecule is CCC1CN(c2ncc(C=O)s2)CCO1. The first kappa shape index (κ1) is 10.6. The molecule has 2 heterocycles. The summed E-state index contributed by atoms with van der Waals surface area (Å²) in [5, 5.41) is 0.929. The smallest absolute Gasteiger partial charge is 0.186 e. The molecule has 0 bridgehead atoms. The van der Waals surface area contributed by atoms with Crippen molar-refractivity contribution in [2.45, 2.75) is 19.4 Å². The van der Waals surface area contributed by atoms with Crippen LogP contribution in [-0.4, -0.2) is 37.1 Å². The Kier molecular flexibility index (Phi) is 3.33. The van der Waals surface area contributed by atoms with Gasteiger partial charge in [-0.1, -0.05) is 18.3 Å². The molecule has 0 amide bonds. The molecule has 1 unspecified atom stereocenters. The number of anilines is 1. The van der Waals surface area contributed by atoms with Crippen molar-refractivity contribution in [3.8, 4) is 0 Å². The van der Waals surface area contributed by atoms with Crippen LogP contribution >= 0.6 is 11.3 Å². The van der Waals surface area contributed by atoms with Crippen molar-refractivity contribution in [2.24, 2.45) is 0 Å². The van der Waals surface area contributed by atoms with Crippen LogP contribution in [0.25, 0.3) is 0 Å². The average Bonchev–Trinajstić information content (AvgIpc) is 2.78. The molecule has 2 rings (SSSR count). The van der Waals surface area contributed by atoms with Gasteiger partial charge in [-0.25, -0.2) is 4.98 Å². The first-order chi connectivity index (χ1) is 7.33. The highest BCUT2D eigenvalue weighted by atomic mass is 32.1. The molecule has 1 fully saturated rings. The zero-order valence-corrected chi connectivity index (χ0v) is 9.50. The maximum absolute atomic E-state index is 10.6. The standard InChI is InChI=1S/C10H14N2O2S/c1-2-8-6-12(3-4-14-8)10-11-5-9(7-13)15-10/h5,7-8H,2-4,6H2,1H3. The number of hydrogen-bond donors (Lipinski definition) is 0. The van der Waals surface area contributed by atoms with Crippen LogP contribution in [0, 0.1) is 0 Å². The Balaban J connectivity index is 2.06. The van der Waals surface area contributed by atoms with Gasteiger partial charge >= 0.3 is 0 Å². The van der Waals surface area contributed by atoms with E-state index >= 15 is 0 Å². The maximum atomic E-state index is 10.6. The molecule has 82 valence electrons. The number of carbonyl (C=O) groups is 1. The molecule has 4 nitrogen and oxygen atoms in total. The molecule has 1 saturated heterocycles. The van der Waals surface area contributed by atoms with Crippen molar-refractivity contribution < 1.29 is 9.53 Å². The van der Waals surface area contributed by atoms with E-state index in [0.29, 0.717) is 11.0 Å². The molecule has 1 aliphatic rings. The van der Waals surface area contributed by atoms with E-state index in [1.54, 1.807) is 6.20 Å². The summed E-state index contributed by atoms with van der Waals surface area (Å²) in [6.07, 6.45) is 3.78. The molecule has 1 aromatic rings. The van der Waals surface area contributed by atoms with Crippen LogP contribution in [0.3, 0.4) is 0 Å². The third kappa shape index (κ3) is 2.35. The number of thiazole rings is 1. The van der Waals surface area contributed by atoms with Crippen molar-refractivity contribution >= 4 is 22.8 Å². The molecular weight excluding hydrogens is 212 g/mol. The minimum Gasteiger partial charge on any atom is -0.375 e. The molecule has 0 saturated carbocycles. The Hall–Kier alpha value is -0.940. The fourth-order valence-corrected chi connectivity index (χ4v) is 2.38. The Bertz CT molecular complexity index is 340. The van der Waals surface area contributed by atoms with Crippen molar-refractivity contribution in [1.82, 2.24) is 4.98 Å². The molecule has 15 heavy (non-hydrogen) atoms.